The van der Waals surface area contributed by atoms with Gasteiger partial charge in [-0.05, 0) is 30.8 Å². The average Bonchev–Trinajstić information content (AvgIpc) is 2.36. The lowest BCUT2D eigenvalue weighted by Crippen LogP contribution is -2.08. The van der Waals surface area contributed by atoms with Crippen LogP contribution in [0.1, 0.15) is 16.1 Å². The van der Waals surface area contributed by atoms with Gasteiger partial charge >= 0.3 is 5.97 Å². The Bertz CT molecular complexity index is 787. The van der Waals surface area contributed by atoms with E-state index in [1.807, 2.05) is 0 Å². The summed E-state index contributed by atoms with van der Waals surface area (Å²) in [6, 6.07) is 5.23. The Labute approximate surface area is 122 Å². The number of aryl methyl sites for hydroxylation is 1. The number of para-hydroxylation sites is 1. The molecule has 9 heteroatoms. The molecule has 0 radical (unpaired) electrons. The zero-order valence-corrected chi connectivity index (χ0v) is 11.5. The van der Waals surface area contributed by atoms with Gasteiger partial charge in [0, 0.05) is 11.8 Å². The Morgan fingerprint density at radius 3 is 2.76 bits per heavy atom. The number of nitrogens with one attached hydrogen (secondary N) is 1. The SMILES string of the molecule is Cc1cc(=O)[nH]c(Sc2cccc(C(=O)O)c2[N+](=O)[O-])n1. The standard InChI is InChI=1S/C12H9N3O5S/c1-6-5-9(16)14-12(13-6)21-8-4-2-3-7(11(17)18)10(8)15(19)20/h2-5H,1H3,(H,17,18)(H,13,14,16). The molecule has 2 N–H and O–H groups in total. The van der Waals surface area contributed by atoms with E-state index in [0.29, 0.717) is 5.69 Å². The van der Waals surface area contributed by atoms with Crippen molar-refractivity contribution < 1.29 is 14.8 Å². The number of carbonyl (C=O) groups is 1. The number of nitrogens with zero attached hydrogens (tertiary/aromatic N) is 2. The zero-order chi connectivity index (χ0) is 15.6. The van der Waals surface area contributed by atoms with E-state index in [9.17, 15) is 19.7 Å². The first-order valence-electron chi connectivity index (χ1n) is 5.65. The van der Waals surface area contributed by atoms with Crippen LogP contribution < -0.4 is 5.56 Å². The van der Waals surface area contributed by atoms with Crippen LogP contribution in [0.5, 0.6) is 0 Å². The summed E-state index contributed by atoms with van der Waals surface area (Å²) in [6.45, 7) is 1.61. The molecular weight excluding hydrogens is 298 g/mol. The molecule has 0 amide bonds. The molecule has 0 unspecified atom stereocenters. The van der Waals surface area contributed by atoms with E-state index >= 15 is 0 Å². The third-order valence-corrected chi connectivity index (χ3v) is 3.40. The molecule has 0 aliphatic carbocycles. The molecule has 108 valence electrons. The Morgan fingerprint density at radius 1 is 1.48 bits per heavy atom. The number of hydrogen-bond donors (Lipinski definition) is 2. The summed E-state index contributed by atoms with van der Waals surface area (Å²) in [5.74, 6) is -1.39. The number of hydrogen-bond acceptors (Lipinski definition) is 6. The van der Waals surface area contributed by atoms with Gasteiger partial charge < -0.3 is 10.1 Å². The summed E-state index contributed by atoms with van der Waals surface area (Å²) in [5.41, 5.74) is -0.875. The van der Waals surface area contributed by atoms with Crippen LogP contribution in [0.25, 0.3) is 0 Å². The Morgan fingerprint density at radius 2 is 2.19 bits per heavy atom. The van der Waals surface area contributed by atoms with E-state index in [2.05, 4.69) is 9.97 Å². The van der Waals surface area contributed by atoms with Gasteiger partial charge in [-0.3, -0.25) is 14.9 Å². The minimum absolute atomic E-state index is 0.0913. The van der Waals surface area contributed by atoms with Crippen molar-refractivity contribution in [2.75, 3.05) is 0 Å². The van der Waals surface area contributed by atoms with Crippen LogP contribution in [0.2, 0.25) is 0 Å². The smallest absolute Gasteiger partial charge is 0.342 e. The third-order valence-electron chi connectivity index (χ3n) is 2.47. The minimum atomic E-state index is -1.39. The highest BCUT2D eigenvalue weighted by Gasteiger charge is 2.25. The molecule has 8 nitrogen and oxygen atoms in total. The van der Waals surface area contributed by atoms with Crippen LogP contribution in [0.3, 0.4) is 0 Å². The van der Waals surface area contributed by atoms with Gasteiger partial charge in [0.05, 0.1) is 9.82 Å². The molecule has 0 bridgehead atoms. The lowest BCUT2D eigenvalue weighted by molar-refractivity contribution is -0.388. The molecule has 1 heterocycles. The summed E-state index contributed by atoms with van der Waals surface area (Å²) in [4.78, 5) is 39.3. The molecule has 0 atom stereocenters. The highest BCUT2D eigenvalue weighted by molar-refractivity contribution is 7.99. The van der Waals surface area contributed by atoms with Gasteiger partial charge in [-0.1, -0.05) is 6.07 Å². The predicted octanol–water partition coefficient (Wildman–Crippen LogP) is 1.84. The fourth-order valence-electron chi connectivity index (χ4n) is 1.67. The second-order valence-corrected chi connectivity index (χ2v) is 5.04. The number of aromatic nitrogens is 2. The summed E-state index contributed by atoms with van der Waals surface area (Å²) >= 11 is 0.831. The van der Waals surface area contributed by atoms with Crippen molar-refractivity contribution in [3.63, 3.8) is 0 Å². The predicted molar refractivity (Wildman–Crippen MR) is 73.8 cm³/mol. The number of carboxylic acid groups (broad SMARTS) is 1. The van der Waals surface area contributed by atoms with Crippen molar-refractivity contribution in [2.24, 2.45) is 0 Å². The number of benzene rings is 1. The Kier molecular flexibility index (Phi) is 4.03. The maximum Gasteiger partial charge on any atom is 0.342 e. The number of nitro groups is 1. The van der Waals surface area contributed by atoms with E-state index < -0.39 is 22.1 Å². The van der Waals surface area contributed by atoms with Crippen LogP contribution in [0.4, 0.5) is 5.69 Å². The number of H-pyrrole nitrogens is 1. The summed E-state index contributed by atoms with van der Waals surface area (Å²) in [5, 5.41) is 20.3. The quantitative estimate of drug-likeness (QED) is 0.501. The fraction of sp³-hybridized carbons (Fsp3) is 0.0833. The van der Waals surface area contributed by atoms with Crippen molar-refractivity contribution in [1.82, 2.24) is 9.97 Å². The summed E-state index contributed by atoms with van der Waals surface area (Å²) in [7, 11) is 0. The molecule has 1 aromatic heterocycles. The van der Waals surface area contributed by atoms with Crippen molar-refractivity contribution in [3.05, 3.63) is 56.0 Å². The van der Waals surface area contributed by atoms with E-state index in [1.54, 1.807) is 6.92 Å². The number of aromatic amines is 1. The van der Waals surface area contributed by atoms with Crippen molar-refractivity contribution in [3.8, 4) is 0 Å². The van der Waals surface area contributed by atoms with E-state index in [-0.39, 0.29) is 15.6 Å². The van der Waals surface area contributed by atoms with Gasteiger partial charge in [0.15, 0.2) is 5.16 Å². The number of aromatic carboxylic acids is 1. The van der Waals surface area contributed by atoms with Gasteiger partial charge in [-0.25, -0.2) is 9.78 Å². The van der Waals surface area contributed by atoms with Crippen molar-refractivity contribution in [1.29, 1.82) is 0 Å². The molecule has 0 saturated carbocycles. The molecule has 0 spiro atoms. The number of rotatable bonds is 4. The summed E-state index contributed by atoms with van der Waals surface area (Å²) < 4.78 is 0. The third kappa shape index (κ3) is 3.26. The fourth-order valence-corrected chi connectivity index (χ4v) is 2.65. The van der Waals surface area contributed by atoms with E-state index in [4.69, 9.17) is 5.11 Å². The van der Waals surface area contributed by atoms with Gasteiger partial charge in [-0.2, -0.15) is 0 Å². The second kappa shape index (κ2) is 5.75. The molecule has 2 rings (SSSR count). The second-order valence-electron chi connectivity index (χ2n) is 4.01. The summed E-state index contributed by atoms with van der Waals surface area (Å²) in [6.07, 6.45) is 0. The molecule has 0 aliphatic heterocycles. The zero-order valence-electron chi connectivity index (χ0n) is 10.7. The molecule has 0 aliphatic rings. The largest absolute Gasteiger partial charge is 0.477 e. The van der Waals surface area contributed by atoms with Crippen LogP contribution in [-0.2, 0) is 0 Å². The molecule has 2 aromatic rings. The van der Waals surface area contributed by atoms with Crippen LogP contribution in [-0.4, -0.2) is 26.0 Å². The van der Waals surface area contributed by atoms with Crippen molar-refractivity contribution in [2.45, 2.75) is 17.0 Å². The maximum atomic E-state index is 11.4. The molecule has 0 saturated heterocycles. The molecule has 0 fully saturated rings. The molecular formula is C12H9N3O5S. The van der Waals surface area contributed by atoms with Gasteiger partial charge in [-0.15, -0.1) is 0 Å². The van der Waals surface area contributed by atoms with Gasteiger partial charge in [0.1, 0.15) is 5.56 Å². The van der Waals surface area contributed by atoms with E-state index in [0.717, 1.165) is 17.8 Å². The monoisotopic (exact) mass is 307 g/mol. The van der Waals surface area contributed by atoms with Gasteiger partial charge in [0.25, 0.3) is 11.2 Å². The number of nitro benzene ring substituents is 1. The van der Waals surface area contributed by atoms with Crippen LogP contribution >= 0.6 is 11.8 Å². The first-order chi connectivity index (χ1) is 9.88. The van der Waals surface area contributed by atoms with Gasteiger partial charge in [0.2, 0.25) is 0 Å². The normalized spacial score (nSPS) is 10.3. The van der Waals surface area contributed by atoms with E-state index in [1.165, 1.54) is 18.2 Å². The molecule has 21 heavy (non-hydrogen) atoms. The Balaban J connectivity index is 2.54. The topological polar surface area (TPSA) is 126 Å². The lowest BCUT2D eigenvalue weighted by Gasteiger charge is -2.05. The Hall–Kier alpha value is -2.68. The van der Waals surface area contributed by atoms with Crippen LogP contribution in [0, 0.1) is 17.0 Å². The maximum absolute atomic E-state index is 11.4. The average molecular weight is 307 g/mol. The van der Waals surface area contributed by atoms with Crippen LogP contribution in [0.15, 0.2) is 39.1 Å². The highest BCUT2D eigenvalue weighted by atomic mass is 32.2. The minimum Gasteiger partial charge on any atom is -0.477 e. The molecule has 1 aromatic carbocycles. The lowest BCUT2D eigenvalue weighted by atomic mass is 10.2. The first kappa shape index (κ1) is 14.7. The van der Waals surface area contributed by atoms with Crippen molar-refractivity contribution >= 4 is 23.4 Å². The highest BCUT2D eigenvalue weighted by Crippen LogP contribution is 2.35. The first-order valence-corrected chi connectivity index (χ1v) is 6.46. The number of carboxylic acids is 1.